The third-order valence-corrected chi connectivity index (χ3v) is 5.80. The number of benzene rings is 2. The Labute approximate surface area is 231 Å². The summed E-state index contributed by atoms with van der Waals surface area (Å²) in [6, 6.07) is 16.5. The molecule has 0 amide bonds. The van der Waals surface area contributed by atoms with Gasteiger partial charge in [-0.2, -0.15) is 0 Å². The average Bonchev–Trinajstić information content (AvgIpc) is 2.71. The van der Waals surface area contributed by atoms with Crippen molar-refractivity contribution < 1.29 is 30.0 Å². The number of aromatic nitrogens is 1. The first kappa shape index (κ1) is 31.7. The Bertz CT molecular complexity index is 1240. The summed E-state index contributed by atoms with van der Waals surface area (Å²) in [4.78, 5) is 16.1. The third kappa shape index (κ3) is 8.98. The minimum Gasteiger partial charge on any atom is -0.512 e. The minimum atomic E-state index is -0.417. The predicted molar refractivity (Wildman–Crippen MR) is 149 cm³/mol. The third-order valence-electron chi connectivity index (χ3n) is 5.80. The van der Waals surface area contributed by atoms with Crippen molar-refractivity contribution in [3.63, 3.8) is 0 Å². The van der Waals surface area contributed by atoms with E-state index in [2.05, 4.69) is 82.1 Å². The van der Waals surface area contributed by atoms with E-state index in [0.29, 0.717) is 0 Å². The number of carbonyl (C=O) groups excluding carboxylic acids is 1. The normalized spacial score (nSPS) is 12.5. The van der Waals surface area contributed by atoms with Crippen molar-refractivity contribution in [2.45, 2.75) is 81.6 Å². The fourth-order valence-electron chi connectivity index (χ4n) is 3.25. The van der Waals surface area contributed by atoms with E-state index in [1.165, 1.54) is 28.0 Å². The number of carbonyl (C=O) groups is 1. The molecule has 0 atom stereocenters. The van der Waals surface area contributed by atoms with Crippen LogP contribution >= 0.6 is 0 Å². The Morgan fingerprint density at radius 2 is 1.47 bits per heavy atom. The van der Waals surface area contributed by atoms with E-state index in [4.69, 9.17) is 0 Å². The number of aryl methyl sites for hydroxylation is 2. The second-order valence-corrected chi connectivity index (χ2v) is 12.5. The molecule has 3 rings (SSSR count). The van der Waals surface area contributed by atoms with Crippen LogP contribution in [0.15, 0.2) is 54.4 Å². The van der Waals surface area contributed by atoms with E-state index < -0.39 is 5.41 Å². The van der Waals surface area contributed by atoms with Gasteiger partial charge in [0.1, 0.15) is 5.76 Å². The van der Waals surface area contributed by atoms with Crippen LogP contribution in [0.5, 0.6) is 0 Å². The number of nitrogens with zero attached hydrogens (tertiary/aromatic N) is 1. The summed E-state index contributed by atoms with van der Waals surface area (Å²) >= 11 is 0. The Morgan fingerprint density at radius 1 is 0.861 bits per heavy atom. The molecule has 0 fully saturated rings. The molecule has 1 radical (unpaired) electrons. The van der Waals surface area contributed by atoms with Crippen LogP contribution in [0, 0.1) is 30.7 Å². The smallest absolute Gasteiger partial charge is 0.164 e. The fraction of sp³-hybridized carbons (Fsp3) is 0.438. The summed E-state index contributed by atoms with van der Waals surface area (Å²) in [6.07, 6.45) is 3.30. The molecule has 0 aliphatic carbocycles. The monoisotopic (exact) mass is 665 g/mol. The summed E-state index contributed by atoms with van der Waals surface area (Å²) < 4.78 is 0. The maximum atomic E-state index is 11.5. The molecule has 36 heavy (non-hydrogen) atoms. The standard InChI is InChI=1S/C21H22N.C11H20O2.Ir/c1-14-6-7-16-12-20(22-13-18(16)8-14)17-9-15(2)10-19(11-17)21(3,4)5;1-10(2,3)8(12)7-9(13)11(4,5)6;/h6-8,10-13H,1-5H3;7,12H,1-6H3;/q-1;;/b;8-7-;. The van der Waals surface area contributed by atoms with Gasteiger partial charge in [-0.3, -0.25) is 4.79 Å². The van der Waals surface area contributed by atoms with E-state index in [-0.39, 0.29) is 42.5 Å². The number of pyridine rings is 1. The van der Waals surface area contributed by atoms with Crippen LogP contribution < -0.4 is 0 Å². The van der Waals surface area contributed by atoms with Crippen molar-refractivity contribution in [3.05, 3.63) is 77.2 Å². The number of aliphatic hydroxyl groups excluding tert-OH is 1. The summed E-state index contributed by atoms with van der Waals surface area (Å²) in [6.45, 7) is 22.0. The van der Waals surface area contributed by atoms with Gasteiger partial charge in [-0.25, -0.2) is 0 Å². The van der Waals surface area contributed by atoms with Crippen molar-refractivity contribution >= 4 is 16.6 Å². The van der Waals surface area contributed by atoms with Gasteiger partial charge < -0.3 is 10.1 Å². The van der Waals surface area contributed by atoms with Crippen molar-refractivity contribution in [2.75, 3.05) is 0 Å². The summed E-state index contributed by atoms with van der Waals surface area (Å²) in [5, 5.41) is 12.0. The zero-order valence-corrected chi connectivity index (χ0v) is 26.1. The van der Waals surface area contributed by atoms with E-state index in [1.54, 1.807) is 0 Å². The molecule has 1 aromatic heterocycles. The number of aliphatic hydroxyl groups is 1. The van der Waals surface area contributed by atoms with Gasteiger partial charge >= 0.3 is 0 Å². The SMILES string of the molecule is CC(C)(C)C(=O)/C=C(\O)C(C)(C)C.Cc1[c-]c(-c2cc3ccc(C)cc3cn2)cc(C(C)(C)C)c1.[Ir]. The van der Waals surface area contributed by atoms with E-state index in [1.807, 2.05) is 47.7 Å². The molecule has 197 valence electrons. The van der Waals surface area contributed by atoms with Crippen molar-refractivity contribution in [3.8, 4) is 11.3 Å². The first-order chi connectivity index (χ1) is 15.9. The number of hydrogen-bond donors (Lipinski definition) is 1. The largest absolute Gasteiger partial charge is 0.512 e. The molecule has 1 N–H and O–H groups in total. The molecule has 2 aromatic carbocycles. The maximum Gasteiger partial charge on any atom is 0.164 e. The van der Waals surface area contributed by atoms with Crippen molar-refractivity contribution in [1.82, 2.24) is 4.98 Å². The number of allylic oxidation sites excluding steroid dienone is 2. The number of ketones is 1. The van der Waals surface area contributed by atoms with Gasteiger partial charge in [-0.15, -0.1) is 34.9 Å². The number of rotatable bonds is 2. The first-order valence-electron chi connectivity index (χ1n) is 12.2. The number of hydrogen-bond acceptors (Lipinski definition) is 3. The van der Waals surface area contributed by atoms with E-state index in [9.17, 15) is 9.90 Å². The van der Waals surface area contributed by atoms with Crippen LogP contribution in [0.4, 0.5) is 0 Å². The molecule has 4 heteroatoms. The zero-order chi connectivity index (χ0) is 26.8. The molecule has 3 nitrogen and oxygen atoms in total. The summed E-state index contributed by atoms with van der Waals surface area (Å²) in [5.41, 5.74) is 5.18. The van der Waals surface area contributed by atoms with Gasteiger partial charge in [0, 0.05) is 43.2 Å². The Balaban J connectivity index is 0.000000402. The summed E-state index contributed by atoms with van der Waals surface area (Å²) in [5.74, 6) is 0.104. The number of fused-ring (bicyclic) bond motifs is 1. The molecule has 0 bridgehead atoms. The Kier molecular flexibility index (Phi) is 10.4. The molecule has 0 saturated carbocycles. The topological polar surface area (TPSA) is 50.2 Å². The minimum absolute atomic E-state index is 0. The zero-order valence-electron chi connectivity index (χ0n) is 23.8. The maximum absolute atomic E-state index is 11.5. The molecule has 0 aliphatic rings. The van der Waals surface area contributed by atoms with Crippen molar-refractivity contribution in [1.29, 1.82) is 0 Å². The van der Waals surface area contributed by atoms with E-state index >= 15 is 0 Å². The summed E-state index contributed by atoms with van der Waals surface area (Å²) in [7, 11) is 0. The molecule has 0 saturated heterocycles. The molecular weight excluding hydrogens is 623 g/mol. The molecule has 0 spiro atoms. The van der Waals surface area contributed by atoms with Crippen LogP contribution in [0.2, 0.25) is 0 Å². The molecule has 3 aromatic rings. The van der Waals surface area contributed by atoms with E-state index in [0.717, 1.165) is 16.8 Å². The van der Waals surface area contributed by atoms with Gasteiger partial charge in [-0.1, -0.05) is 93.0 Å². The first-order valence-corrected chi connectivity index (χ1v) is 12.2. The van der Waals surface area contributed by atoms with Gasteiger partial charge in [0.25, 0.3) is 0 Å². The molecule has 0 aliphatic heterocycles. The van der Waals surface area contributed by atoms with Crippen LogP contribution in [0.3, 0.4) is 0 Å². The average molecular weight is 665 g/mol. The van der Waals surface area contributed by atoms with Crippen LogP contribution in [0.1, 0.15) is 79.0 Å². The second kappa shape index (κ2) is 11.8. The van der Waals surface area contributed by atoms with Gasteiger partial charge in [0.05, 0.1) is 0 Å². The van der Waals surface area contributed by atoms with Crippen LogP contribution in [-0.4, -0.2) is 15.9 Å². The van der Waals surface area contributed by atoms with Gasteiger partial charge in [0.15, 0.2) is 5.78 Å². The van der Waals surface area contributed by atoms with Crippen molar-refractivity contribution in [2.24, 2.45) is 10.8 Å². The molecule has 0 unspecified atom stereocenters. The quantitative estimate of drug-likeness (QED) is 0.169. The molecular formula is C32H42IrNO2-. The second-order valence-electron chi connectivity index (χ2n) is 12.5. The Hall–Kier alpha value is -2.29. The van der Waals surface area contributed by atoms with Gasteiger partial charge in [0.2, 0.25) is 0 Å². The molecule has 1 heterocycles. The fourth-order valence-corrected chi connectivity index (χ4v) is 3.25. The van der Waals surface area contributed by atoms with Gasteiger partial charge in [-0.05, 0) is 34.9 Å². The van der Waals surface area contributed by atoms with Crippen LogP contribution in [0.25, 0.3) is 22.0 Å². The van der Waals surface area contributed by atoms with Crippen LogP contribution in [-0.2, 0) is 30.3 Å². The predicted octanol–water partition coefficient (Wildman–Crippen LogP) is 8.70. The Morgan fingerprint density at radius 3 is 2.00 bits per heavy atom.